The van der Waals surface area contributed by atoms with Crippen molar-refractivity contribution < 1.29 is 8.42 Å². The maximum atomic E-state index is 12.1. The minimum absolute atomic E-state index is 0.196. The van der Waals surface area contributed by atoms with Crippen LogP contribution in [0.25, 0.3) is 0 Å². The highest BCUT2D eigenvalue weighted by atomic mass is 32.2. The molecule has 0 amide bonds. The molecule has 0 saturated carbocycles. The quantitative estimate of drug-likeness (QED) is 0.725. The number of hydrogen-bond donors (Lipinski definition) is 2. The predicted octanol–water partition coefficient (Wildman–Crippen LogP) is 2.68. The van der Waals surface area contributed by atoms with Crippen molar-refractivity contribution in [2.75, 3.05) is 13.1 Å². The second-order valence-corrected chi connectivity index (χ2v) is 8.40. The Morgan fingerprint density at radius 1 is 1.05 bits per heavy atom. The summed E-state index contributed by atoms with van der Waals surface area (Å²) in [6, 6.07) is 7.16. The van der Waals surface area contributed by atoms with E-state index in [0.717, 1.165) is 31.2 Å². The van der Waals surface area contributed by atoms with Crippen molar-refractivity contribution in [1.29, 1.82) is 0 Å². The van der Waals surface area contributed by atoms with E-state index in [2.05, 4.69) is 25.5 Å². The molecule has 0 unspecified atom stereocenters. The van der Waals surface area contributed by atoms with E-state index >= 15 is 0 Å². The fourth-order valence-electron chi connectivity index (χ4n) is 2.13. The minimum Gasteiger partial charge on any atom is -0.330 e. The van der Waals surface area contributed by atoms with E-state index in [1.807, 2.05) is 12.1 Å². The summed E-state index contributed by atoms with van der Waals surface area (Å²) in [5, 5.41) is 0. The Balaban J connectivity index is 2.59. The van der Waals surface area contributed by atoms with Gasteiger partial charge in [0.15, 0.2) is 0 Å². The molecule has 0 aromatic heterocycles. The van der Waals surface area contributed by atoms with E-state index in [1.165, 1.54) is 0 Å². The molecule has 120 valence electrons. The SMILES string of the molecule is CC(C)(C)Cc1ccc(S(=O)(=O)NCCCCCN)cc1. The third-order valence-electron chi connectivity index (χ3n) is 3.14. The smallest absolute Gasteiger partial charge is 0.240 e. The van der Waals surface area contributed by atoms with Gasteiger partial charge in [0.1, 0.15) is 0 Å². The van der Waals surface area contributed by atoms with Crippen molar-refractivity contribution >= 4 is 10.0 Å². The van der Waals surface area contributed by atoms with Crippen molar-refractivity contribution in [3.8, 4) is 0 Å². The van der Waals surface area contributed by atoms with Crippen LogP contribution in [0, 0.1) is 5.41 Å². The zero-order valence-electron chi connectivity index (χ0n) is 13.4. The van der Waals surface area contributed by atoms with Crippen molar-refractivity contribution in [2.45, 2.75) is 51.3 Å². The van der Waals surface area contributed by atoms with Gasteiger partial charge < -0.3 is 5.73 Å². The molecule has 0 heterocycles. The Labute approximate surface area is 129 Å². The number of unbranched alkanes of at least 4 members (excludes halogenated alkanes) is 2. The normalized spacial score (nSPS) is 12.6. The first-order valence-corrected chi connectivity index (χ1v) is 9.02. The standard InChI is InChI=1S/C16H28N2O2S/c1-16(2,3)13-14-7-9-15(10-8-14)21(19,20)18-12-6-4-5-11-17/h7-10,18H,4-6,11-13,17H2,1-3H3. The Hall–Kier alpha value is -0.910. The number of nitrogens with one attached hydrogen (secondary N) is 1. The third-order valence-corrected chi connectivity index (χ3v) is 4.62. The predicted molar refractivity (Wildman–Crippen MR) is 87.7 cm³/mol. The van der Waals surface area contributed by atoms with Crippen LogP contribution >= 0.6 is 0 Å². The van der Waals surface area contributed by atoms with Crippen LogP contribution in [-0.2, 0) is 16.4 Å². The fourth-order valence-corrected chi connectivity index (χ4v) is 3.21. The summed E-state index contributed by atoms with van der Waals surface area (Å²) < 4.78 is 26.9. The van der Waals surface area contributed by atoms with Gasteiger partial charge in [-0.05, 0) is 48.9 Å². The zero-order valence-corrected chi connectivity index (χ0v) is 14.2. The van der Waals surface area contributed by atoms with Gasteiger partial charge in [-0.25, -0.2) is 13.1 Å². The van der Waals surface area contributed by atoms with E-state index in [9.17, 15) is 8.42 Å². The summed E-state index contributed by atoms with van der Waals surface area (Å²) in [7, 11) is -3.39. The van der Waals surface area contributed by atoms with Gasteiger partial charge in [-0.1, -0.05) is 39.3 Å². The van der Waals surface area contributed by atoms with E-state index in [4.69, 9.17) is 5.73 Å². The molecule has 0 atom stereocenters. The van der Waals surface area contributed by atoms with Crippen molar-refractivity contribution in [2.24, 2.45) is 11.1 Å². The van der Waals surface area contributed by atoms with Crippen LogP contribution in [0.4, 0.5) is 0 Å². The highest BCUT2D eigenvalue weighted by Crippen LogP contribution is 2.21. The molecule has 4 nitrogen and oxygen atoms in total. The van der Waals surface area contributed by atoms with Gasteiger partial charge >= 0.3 is 0 Å². The molecule has 1 aromatic rings. The van der Waals surface area contributed by atoms with E-state index in [1.54, 1.807) is 12.1 Å². The highest BCUT2D eigenvalue weighted by molar-refractivity contribution is 7.89. The molecule has 0 radical (unpaired) electrons. The summed E-state index contributed by atoms with van der Waals surface area (Å²) in [5.41, 5.74) is 6.76. The average Bonchev–Trinajstić information content (AvgIpc) is 2.37. The molecule has 3 N–H and O–H groups in total. The molecular formula is C16H28N2O2S. The van der Waals surface area contributed by atoms with Crippen LogP contribution < -0.4 is 10.5 Å². The largest absolute Gasteiger partial charge is 0.330 e. The van der Waals surface area contributed by atoms with Crippen molar-refractivity contribution in [3.63, 3.8) is 0 Å². The molecule has 0 fully saturated rings. The number of nitrogens with two attached hydrogens (primary N) is 1. The Bertz CT molecular complexity index is 516. The van der Waals surface area contributed by atoms with Crippen LogP contribution in [0.2, 0.25) is 0 Å². The molecule has 21 heavy (non-hydrogen) atoms. The first kappa shape index (κ1) is 18.1. The van der Waals surface area contributed by atoms with Crippen molar-refractivity contribution in [1.82, 2.24) is 4.72 Å². The number of sulfonamides is 1. The summed E-state index contributed by atoms with van der Waals surface area (Å²) in [6.07, 6.45) is 3.63. The molecular weight excluding hydrogens is 284 g/mol. The van der Waals surface area contributed by atoms with Gasteiger partial charge in [0, 0.05) is 6.54 Å². The number of rotatable bonds is 8. The summed E-state index contributed by atoms with van der Waals surface area (Å²) in [6.45, 7) is 7.62. The van der Waals surface area contributed by atoms with Gasteiger partial charge in [0.05, 0.1) is 4.90 Å². The molecule has 0 aliphatic carbocycles. The Kier molecular flexibility index (Phi) is 6.84. The maximum Gasteiger partial charge on any atom is 0.240 e. The van der Waals surface area contributed by atoms with E-state index in [-0.39, 0.29) is 5.41 Å². The van der Waals surface area contributed by atoms with Crippen molar-refractivity contribution in [3.05, 3.63) is 29.8 Å². The Morgan fingerprint density at radius 3 is 2.19 bits per heavy atom. The maximum absolute atomic E-state index is 12.1. The molecule has 0 spiro atoms. The summed E-state index contributed by atoms with van der Waals surface area (Å²) >= 11 is 0. The molecule has 1 aromatic carbocycles. The average molecular weight is 312 g/mol. The molecule has 0 aliphatic heterocycles. The van der Waals surface area contributed by atoms with Crippen LogP contribution in [0.5, 0.6) is 0 Å². The first-order valence-electron chi connectivity index (χ1n) is 7.53. The highest BCUT2D eigenvalue weighted by Gasteiger charge is 2.15. The van der Waals surface area contributed by atoms with E-state index < -0.39 is 10.0 Å². The lowest BCUT2D eigenvalue weighted by Crippen LogP contribution is -2.25. The lowest BCUT2D eigenvalue weighted by Gasteiger charge is -2.18. The second kappa shape index (κ2) is 7.92. The molecule has 0 saturated heterocycles. The van der Waals surface area contributed by atoms with Crippen LogP contribution in [0.15, 0.2) is 29.2 Å². The molecule has 0 aliphatic rings. The molecule has 5 heteroatoms. The number of hydrogen-bond acceptors (Lipinski definition) is 3. The minimum atomic E-state index is -3.39. The third kappa shape index (κ3) is 7.07. The molecule has 0 bridgehead atoms. The lowest BCUT2D eigenvalue weighted by molar-refractivity contribution is 0.411. The number of benzene rings is 1. The summed E-state index contributed by atoms with van der Waals surface area (Å²) in [4.78, 5) is 0.332. The van der Waals surface area contributed by atoms with Crippen LogP contribution in [-0.4, -0.2) is 21.5 Å². The monoisotopic (exact) mass is 312 g/mol. The van der Waals surface area contributed by atoms with Gasteiger partial charge in [-0.3, -0.25) is 0 Å². The van der Waals surface area contributed by atoms with Gasteiger partial charge in [-0.2, -0.15) is 0 Å². The van der Waals surface area contributed by atoms with Gasteiger partial charge in [0.25, 0.3) is 0 Å². The topological polar surface area (TPSA) is 72.2 Å². The fraction of sp³-hybridized carbons (Fsp3) is 0.625. The molecule has 1 rings (SSSR count). The van der Waals surface area contributed by atoms with Gasteiger partial charge in [-0.15, -0.1) is 0 Å². The second-order valence-electron chi connectivity index (χ2n) is 6.63. The van der Waals surface area contributed by atoms with Crippen LogP contribution in [0.1, 0.15) is 45.6 Å². The summed E-state index contributed by atoms with van der Waals surface area (Å²) in [5.74, 6) is 0. The van der Waals surface area contributed by atoms with Gasteiger partial charge in [0.2, 0.25) is 10.0 Å². The Morgan fingerprint density at radius 2 is 1.67 bits per heavy atom. The zero-order chi connectivity index (χ0) is 15.9. The van der Waals surface area contributed by atoms with E-state index in [0.29, 0.717) is 18.0 Å². The lowest BCUT2D eigenvalue weighted by atomic mass is 9.88. The van der Waals surface area contributed by atoms with Crippen LogP contribution in [0.3, 0.4) is 0 Å². The first-order chi connectivity index (χ1) is 9.74.